The molecule has 2 amide bonds. The molecule has 0 radical (unpaired) electrons. The fraction of sp³-hybridized carbons (Fsp3) is 0.452. The van der Waals surface area contributed by atoms with Gasteiger partial charge in [0.25, 0.3) is 0 Å². The molecule has 2 aromatic carbocycles. The second kappa shape index (κ2) is 14.7. The third-order valence-electron chi connectivity index (χ3n) is 7.40. The van der Waals surface area contributed by atoms with Crippen molar-refractivity contribution in [1.82, 2.24) is 15.6 Å². The van der Waals surface area contributed by atoms with Crippen LogP contribution in [0.2, 0.25) is 0 Å². The molecule has 1 aliphatic carbocycles. The minimum atomic E-state index is -0.431. The van der Waals surface area contributed by atoms with Crippen LogP contribution in [0.15, 0.2) is 72.4 Å². The van der Waals surface area contributed by atoms with E-state index in [1.54, 1.807) is 11.7 Å². The Morgan fingerprint density at radius 2 is 1.47 bits per heavy atom. The van der Waals surface area contributed by atoms with Crippen molar-refractivity contribution < 1.29 is 14.3 Å². The number of ether oxygens (including phenoxy) is 1. The molecule has 0 aliphatic heterocycles. The zero-order valence-corrected chi connectivity index (χ0v) is 23.0. The molecule has 1 fully saturated rings. The Kier molecular flexibility index (Phi) is 10.7. The molecule has 1 aliphatic rings. The van der Waals surface area contributed by atoms with Crippen LogP contribution in [0.4, 0.5) is 4.79 Å². The normalized spacial score (nSPS) is 18.8. The number of amides is 2. The summed E-state index contributed by atoms with van der Waals surface area (Å²) in [7, 11) is 0. The number of nitrogens with zero attached hydrogens (tertiary/aromatic N) is 1. The number of benzene rings is 2. The van der Waals surface area contributed by atoms with E-state index in [1.165, 1.54) is 16.9 Å². The van der Waals surface area contributed by atoms with E-state index >= 15 is 0 Å². The van der Waals surface area contributed by atoms with Gasteiger partial charge in [0.1, 0.15) is 6.61 Å². The standard InChI is InChI=1S/C31H39N3O3S/c1-23-12-14-26(15-13-23)30(35)33-27(18-24-8-4-2-5-9-24)16-17-28(19-25-10-6-3-7-11-25)34-31(36)37-21-29-20-32-22-38-29/h2-11,20,22-23,26-28H,12-19,21H2,1H3,(H,33,35)(H,34,36)/t23-,26-,27-,28-/m1/s1. The molecule has 0 spiro atoms. The van der Waals surface area contributed by atoms with Crippen molar-refractivity contribution in [3.63, 3.8) is 0 Å². The number of aromatic nitrogens is 1. The molecule has 1 aromatic heterocycles. The van der Waals surface area contributed by atoms with Crippen LogP contribution in [0, 0.1) is 11.8 Å². The van der Waals surface area contributed by atoms with Crippen LogP contribution in [0.3, 0.4) is 0 Å². The second-order valence-corrected chi connectivity index (χ2v) is 11.5. The first-order valence-electron chi connectivity index (χ1n) is 13.7. The van der Waals surface area contributed by atoms with E-state index in [-0.39, 0.29) is 30.5 Å². The molecule has 0 unspecified atom stereocenters. The monoisotopic (exact) mass is 533 g/mol. The molecule has 0 bridgehead atoms. The minimum absolute atomic E-state index is 0.00228. The van der Waals surface area contributed by atoms with E-state index in [2.05, 4.69) is 46.8 Å². The van der Waals surface area contributed by atoms with Crippen molar-refractivity contribution in [3.05, 3.63) is 88.4 Å². The zero-order chi connectivity index (χ0) is 26.6. The SMILES string of the molecule is C[C@H]1CC[C@H](C(=O)N[C@H](CC[C@H](Cc2ccccc2)NC(=O)OCc2cncs2)Cc2ccccc2)CC1. The number of nitrogens with one attached hydrogen (secondary N) is 2. The average molecular weight is 534 g/mol. The lowest BCUT2D eigenvalue weighted by molar-refractivity contribution is -0.127. The summed E-state index contributed by atoms with van der Waals surface area (Å²) in [5, 5.41) is 6.46. The smallest absolute Gasteiger partial charge is 0.407 e. The van der Waals surface area contributed by atoms with Crippen molar-refractivity contribution in [2.45, 2.75) is 77.0 Å². The van der Waals surface area contributed by atoms with Crippen LogP contribution in [-0.2, 0) is 29.0 Å². The van der Waals surface area contributed by atoms with Gasteiger partial charge in [0.05, 0.1) is 10.4 Å². The number of thiazole rings is 1. The van der Waals surface area contributed by atoms with Gasteiger partial charge in [-0.25, -0.2) is 4.79 Å². The summed E-state index contributed by atoms with van der Waals surface area (Å²) in [5.74, 6) is 0.985. The highest BCUT2D eigenvalue weighted by atomic mass is 32.1. The van der Waals surface area contributed by atoms with Gasteiger partial charge < -0.3 is 15.4 Å². The number of carbonyl (C=O) groups excluding carboxylic acids is 2. The lowest BCUT2D eigenvalue weighted by Gasteiger charge is -2.28. The number of rotatable bonds is 12. The molecule has 0 saturated heterocycles. The van der Waals surface area contributed by atoms with Gasteiger partial charge in [-0.3, -0.25) is 9.78 Å². The van der Waals surface area contributed by atoms with E-state index in [0.29, 0.717) is 12.3 Å². The van der Waals surface area contributed by atoms with E-state index in [0.717, 1.165) is 55.4 Å². The van der Waals surface area contributed by atoms with Crippen LogP contribution >= 0.6 is 11.3 Å². The van der Waals surface area contributed by atoms with Crippen LogP contribution in [-0.4, -0.2) is 29.1 Å². The van der Waals surface area contributed by atoms with Gasteiger partial charge >= 0.3 is 6.09 Å². The first kappa shape index (κ1) is 27.8. The molecular formula is C31H39N3O3S. The predicted octanol–water partition coefficient (Wildman–Crippen LogP) is 6.31. The maximum absolute atomic E-state index is 13.2. The molecule has 1 saturated carbocycles. The molecule has 7 heteroatoms. The summed E-state index contributed by atoms with van der Waals surface area (Å²) in [6.45, 7) is 2.48. The molecule has 202 valence electrons. The summed E-state index contributed by atoms with van der Waals surface area (Å²) in [4.78, 5) is 30.8. The summed E-state index contributed by atoms with van der Waals surface area (Å²) >= 11 is 1.46. The van der Waals surface area contributed by atoms with Crippen LogP contribution in [0.1, 0.15) is 61.5 Å². The van der Waals surface area contributed by atoms with Crippen molar-refractivity contribution in [1.29, 1.82) is 0 Å². The lowest BCUT2D eigenvalue weighted by atomic mass is 9.82. The Morgan fingerprint density at radius 1 is 0.895 bits per heavy atom. The van der Waals surface area contributed by atoms with Crippen molar-refractivity contribution in [3.8, 4) is 0 Å². The third-order valence-corrected chi connectivity index (χ3v) is 8.15. The number of hydrogen-bond donors (Lipinski definition) is 2. The van der Waals surface area contributed by atoms with E-state index in [4.69, 9.17) is 4.74 Å². The van der Waals surface area contributed by atoms with E-state index in [1.807, 2.05) is 36.4 Å². The first-order chi connectivity index (χ1) is 18.5. The van der Waals surface area contributed by atoms with Crippen molar-refractivity contribution >= 4 is 23.3 Å². The lowest BCUT2D eigenvalue weighted by Crippen LogP contribution is -2.43. The van der Waals surface area contributed by atoms with E-state index < -0.39 is 6.09 Å². The maximum atomic E-state index is 13.2. The van der Waals surface area contributed by atoms with Crippen molar-refractivity contribution in [2.24, 2.45) is 11.8 Å². The van der Waals surface area contributed by atoms with Crippen LogP contribution in [0.25, 0.3) is 0 Å². The second-order valence-electron chi connectivity index (χ2n) is 10.5. The molecule has 2 atom stereocenters. The largest absolute Gasteiger partial charge is 0.444 e. The van der Waals surface area contributed by atoms with Crippen molar-refractivity contribution in [2.75, 3.05) is 0 Å². The van der Waals surface area contributed by atoms with Crippen LogP contribution < -0.4 is 10.6 Å². The number of hydrogen-bond acceptors (Lipinski definition) is 5. The first-order valence-corrected chi connectivity index (χ1v) is 14.6. The zero-order valence-electron chi connectivity index (χ0n) is 22.2. The Balaban J connectivity index is 1.39. The summed E-state index contributed by atoms with van der Waals surface area (Å²) in [6, 6.07) is 20.4. The Bertz CT molecular complexity index is 1100. The van der Waals surface area contributed by atoms with Gasteiger partial charge in [0, 0.05) is 24.2 Å². The van der Waals surface area contributed by atoms with Crippen LogP contribution in [0.5, 0.6) is 0 Å². The highest BCUT2D eigenvalue weighted by molar-refractivity contribution is 7.09. The topological polar surface area (TPSA) is 80.3 Å². The summed E-state index contributed by atoms with van der Waals surface area (Å²) in [5.41, 5.74) is 4.08. The fourth-order valence-electron chi connectivity index (χ4n) is 5.15. The Morgan fingerprint density at radius 3 is 2.03 bits per heavy atom. The van der Waals surface area contributed by atoms with E-state index in [9.17, 15) is 9.59 Å². The molecule has 1 heterocycles. The molecule has 38 heavy (non-hydrogen) atoms. The molecular weight excluding hydrogens is 494 g/mol. The number of alkyl carbamates (subject to hydrolysis) is 1. The van der Waals surface area contributed by atoms with Gasteiger partial charge in [-0.15, -0.1) is 11.3 Å². The maximum Gasteiger partial charge on any atom is 0.407 e. The van der Waals surface area contributed by atoms with Gasteiger partial charge in [0.15, 0.2) is 0 Å². The van der Waals surface area contributed by atoms with Gasteiger partial charge in [-0.1, -0.05) is 67.6 Å². The average Bonchev–Trinajstić information content (AvgIpc) is 3.46. The molecule has 2 N–H and O–H groups in total. The Hall–Kier alpha value is -3.19. The predicted molar refractivity (Wildman–Crippen MR) is 152 cm³/mol. The fourth-order valence-corrected chi connectivity index (χ4v) is 5.66. The highest BCUT2D eigenvalue weighted by Crippen LogP contribution is 2.28. The summed E-state index contributed by atoms with van der Waals surface area (Å²) < 4.78 is 5.46. The van der Waals surface area contributed by atoms with Gasteiger partial charge in [-0.2, -0.15) is 0 Å². The summed E-state index contributed by atoms with van der Waals surface area (Å²) in [6.07, 6.45) is 8.40. The molecule has 3 aromatic rings. The van der Waals surface area contributed by atoms with Gasteiger partial charge in [-0.05, 0) is 68.4 Å². The van der Waals surface area contributed by atoms with Gasteiger partial charge in [0.2, 0.25) is 5.91 Å². The quantitative estimate of drug-likeness (QED) is 0.286. The molecule has 6 nitrogen and oxygen atoms in total. The third kappa shape index (κ3) is 9.28. The highest BCUT2D eigenvalue weighted by Gasteiger charge is 2.26. The molecule has 4 rings (SSSR count). The number of carbonyl (C=O) groups is 2. The minimum Gasteiger partial charge on any atom is -0.444 e. The Labute approximate surface area is 230 Å².